The van der Waals surface area contributed by atoms with Crippen molar-refractivity contribution in [1.29, 1.82) is 0 Å². The molecule has 1 aliphatic rings. The molecule has 0 bridgehead atoms. The average molecular weight is 439 g/mol. The monoisotopic (exact) mass is 439 g/mol. The quantitative estimate of drug-likeness (QED) is 0.522. The van der Waals surface area contributed by atoms with Crippen molar-refractivity contribution in [1.82, 2.24) is 4.98 Å². The van der Waals surface area contributed by atoms with Crippen LogP contribution in [0.25, 0.3) is 11.1 Å². The van der Waals surface area contributed by atoms with Gasteiger partial charge in [0.2, 0.25) is 5.91 Å². The molecular formula is C25H24F3N3O. The van der Waals surface area contributed by atoms with E-state index in [2.05, 4.69) is 21.7 Å². The van der Waals surface area contributed by atoms with Crippen LogP contribution in [0.5, 0.6) is 0 Å². The molecule has 4 nitrogen and oxygen atoms in total. The normalized spacial score (nSPS) is 16.1. The van der Waals surface area contributed by atoms with Gasteiger partial charge >= 0.3 is 6.18 Å². The van der Waals surface area contributed by atoms with Gasteiger partial charge in [-0.1, -0.05) is 24.3 Å². The maximum absolute atomic E-state index is 13.3. The molecular weight excluding hydrogens is 415 g/mol. The second-order valence-electron chi connectivity index (χ2n) is 8.35. The Morgan fingerprint density at radius 2 is 1.69 bits per heavy atom. The first kappa shape index (κ1) is 21.9. The molecule has 4 rings (SSSR count). The molecule has 0 saturated carbocycles. The van der Waals surface area contributed by atoms with E-state index in [1.807, 2.05) is 44.2 Å². The summed E-state index contributed by atoms with van der Waals surface area (Å²) in [5.74, 6) is -0.310. The van der Waals surface area contributed by atoms with Crippen LogP contribution in [0.3, 0.4) is 0 Å². The van der Waals surface area contributed by atoms with Gasteiger partial charge in [-0.15, -0.1) is 0 Å². The second-order valence-corrected chi connectivity index (χ2v) is 8.35. The van der Waals surface area contributed by atoms with Crippen LogP contribution in [0.4, 0.5) is 24.5 Å². The van der Waals surface area contributed by atoms with Gasteiger partial charge in [0.05, 0.1) is 16.9 Å². The zero-order valence-corrected chi connectivity index (χ0v) is 18.1. The van der Waals surface area contributed by atoms with Crippen molar-refractivity contribution < 1.29 is 18.0 Å². The number of aromatic nitrogens is 1. The van der Waals surface area contributed by atoms with Crippen LogP contribution in [-0.2, 0) is 17.4 Å². The van der Waals surface area contributed by atoms with E-state index < -0.39 is 11.7 Å². The van der Waals surface area contributed by atoms with E-state index in [0.717, 1.165) is 34.1 Å². The van der Waals surface area contributed by atoms with Crippen LogP contribution in [0.2, 0.25) is 0 Å². The lowest BCUT2D eigenvalue weighted by Crippen LogP contribution is -2.25. The Hall–Kier alpha value is -3.35. The van der Waals surface area contributed by atoms with E-state index in [-0.39, 0.29) is 29.6 Å². The standard InChI is InChI=1S/C25H24F3N3O/c1-14-7-22-23(13-21(14)25(26,27)28)31-24(32)12-20(30-22)11-17-5-4-6-18(10-17)19-8-15(2)29-16(3)9-19/h4-10,13,20,30H,11-12H2,1-3H3,(H,31,32). The van der Waals surface area contributed by atoms with E-state index >= 15 is 0 Å². The van der Waals surface area contributed by atoms with Crippen molar-refractivity contribution in [2.45, 2.75) is 45.8 Å². The van der Waals surface area contributed by atoms with Crippen LogP contribution < -0.4 is 10.6 Å². The molecule has 1 atom stereocenters. The van der Waals surface area contributed by atoms with Crippen LogP contribution in [0.1, 0.15) is 34.5 Å². The number of alkyl halides is 3. The van der Waals surface area contributed by atoms with Crippen molar-refractivity contribution in [3.63, 3.8) is 0 Å². The number of fused-ring (bicyclic) bond motifs is 1. The fourth-order valence-corrected chi connectivity index (χ4v) is 4.22. The number of hydrogen-bond acceptors (Lipinski definition) is 3. The number of nitrogens with zero attached hydrogens (tertiary/aromatic N) is 1. The molecule has 3 aromatic rings. The van der Waals surface area contributed by atoms with Crippen LogP contribution in [0.15, 0.2) is 48.5 Å². The molecule has 2 N–H and O–H groups in total. The summed E-state index contributed by atoms with van der Waals surface area (Å²) >= 11 is 0. The largest absolute Gasteiger partial charge is 0.416 e. The van der Waals surface area contributed by atoms with Gasteiger partial charge in [0.25, 0.3) is 0 Å². The molecule has 32 heavy (non-hydrogen) atoms. The molecule has 0 fully saturated rings. The molecule has 2 heterocycles. The van der Waals surface area contributed by atoms with E-state index in [0.29, 0.717) is 12.1 Å². The fraction of sp³-hybridized carbons (Fsp3) is 0.280. The Bertz CT molecular complexity index is 1170. The number of aryl methyl sites for hydroxylation is 3. The molecule has 1 aliphatic heterocycles. The molecule has 1 unspecified atom stereocenters. The Morgan fingerprint density at radius 3 is 2.38 bits per heavy atom. The lowest BCUT2D eigenvalue weighted by molar-refractivity contribution is -0.138. The highest BCUT2D eigenvalue weighted by Crippen LogP contribution is 2.38. The van der Waals surface area contributed by atoms with Gasteiger partial charge < -0.3 is 10.6 Å². The predicted octanol–water partition coefficient (Wildman–Crippen LogP) is 6.06. The Labute approximate surface area is 184 Å². The number of pyridine rings is 1. The predicted molar refractivity (Wildman–Crippen MR) is 120 cm³/mol. The van der Waals surface area contributed by atoms with Crippen LogP contribution >= 0.6 is 0 Å². The molecule has 0 radical (unpaired) electrons. The third kappa shape index (κ3) is 4.77. The summed E-state index contributed by atoms with van der Waals surface area (Å²) in [7, 11) is 0. The van der Waals surface area contributed by atoms with Crippen molar-refractivity contribution in [3.8, 4) is 11.1 Å². The van der Waals surface area contributed by atoms with E-state index in [1.54, 1.807) is 0 Å². The first-order chi connectivity index (χ1) is 15.1. The third-order valence-corrected chi connectivity index (χ3v) is 5.56. The number of nitrogens with one attached hydrogen (secondary N) is 2. The number of amides is 1. The Balaban J connectivity index is 1.61. The van der Waals surface area contributed by atoms with E-state index in [4.69, 9.17) is 0 Å². The summed E-state index contributed by atoms with van der Waals surface area (Å²) in [6.45, 7) is 5.34. The van der Waals surface area contributed by atoms with Gasteiger partial charge in [0.15, 0.2) is 0 Å². The highest BCUT2D eigenvalue weighted by Gasteiger charge is 2.34. The maximum atomic E-state index is 13.3. The van der Waals surface area contributed by atoms with Crippen molar-refractivity contribution in [2.24, 2.45) is 0 Å². The zero-order chi connectivity index (χ0) is 23.0. The first-order valence-electron chi connectivity index (χ1n) is 10.4. The van der Waals surface area contributed by atoms with Gasteiger partial charge in [-0.3, -0.25) is 9.78 Å². The zero-order valence-electron chi connectivity index (χ0n) is 18.1. The third-order valence-electron chi connectivity index (χ3n) is 5.56. The number of rotatable bonds is 3. The van der Waals surface area contributed by atoms with Crippen molar-refractivity contribution in [3.05, 3.63) is 76.6 Å². The molecule has 166 valence electrons. The molecule has 0 saturated heterocycles. The fourth-order valence-electron chi connectivity index (χ4n) is 4.22. The summed E-state index contributed by atoms with van der Waals surface area (Å²) in [4.78, 5) is 16.8. The topological polar surface area (TPSA) is 54.0 Å². The van der Waals surface area contributed by atoms with Gasteiger partial charge in [0, 0.05) is 23.9 Å². The minimum absolute atomic E-state index is 0.115. The van der Waals surface area contributed by atoms with Gasteiger partial charge in [-0.25, -0.2) is 0 Å². The van der Waals surface area contributed by atoms with E-state index in [1.165, 1.54) is 13.0 Å². The number of carbonyl (C=O) groups excluding carboxylic acids is 1. The number of carbonyl (C=O) groups is 1. The first-order valence-corrected chi connectivity index (χ1v) is 10.4. The number of anilines is 2. The lowest BCUT2D eigenvalue weighted by Gasteiger charge is -2.19. The number of halogens is 3. The molecule has 0 spiro atoms. The average Bonchev–Trinajstić information content (AvgIpc) is 2.83. The minimum Gasteiger partial charge on any atom is -0.380 e. The Morgan fingerprint density at radius 1 is 0.969 bits per heavy atom. The van der Waals surface area contributed by atoms with Crippen LogP contribution in [0, 0.1) is 20.8 Å². The second kappa shape index (κ2) is 8.30. The van der Waals surface area contributed by atoms with Gasteiger partial charge in [-0.05, 0) is 73.7 Å². The van der Waals surface area contributed by atoms with Gasteiger partial charge in [0.1, 0.15) is 0 Å². The summed E-state index contributed by atoms with van der Waals surface area (Å²) in [5.41, 5.74) is 5.08. The summed E-state index contributed by atoms with van der Waals surface area (Å²) < 4.78 is 39.8. The highest BCUT2D eigenvalue weighted by molar-refractivity contribution is 5.96. The smallest absolute Gasteiger partial charge is 0.380 e. The SMILES string of the molecule is Cc1cc(-c2cccc(CC3CC(=O)Nc4cc(C(F)(F)F)c(C)cc4N3)c2)cc(C)n1. The maximum Gasteiger partial charge on any atom is 0.416 e. The molecule has 1 aromatic heterocycles. The lowest BCUT2D eigenvalue weighted by atomic mass is 9.97. The molecule has 0 aliphatic carbocycles. The molecule has 2 aromatic carbocycles. The number of hydrogen-bond donors (Lipinski definition) is 2. The summed E-state index contributed by atoms with van der Waals surface area (Å²) in [6, 6.07) is 14.3. The van der Waals surface area contributed by atoms with Crippen molar-refractivity contribution in [2.75, 3.05) is 10.6 Å². The summed E-state index contributed by atoms with van der Waals surface area (Å²) in [5, 5.41) is 5.89. The summed E-state index contributed by atoms with van der Waals surface area (Å²) in [6.07, 6.45) is -3.75. The van der Waals surface area contributed by atoms with Crippen molar-refractivity contribution >= 4 is 17.3 Å². The number of benzene rings is 2. The van der Waals surface area contributed by atoms with E-state index in [9.17, 15) is 18.0 Å². The molecule has 1 amide bonds. The minimum atomic E-state index is -4.47. The molecule has 7 heteroatoms. The van der Waals surface area contributed by atoms with Gasteiger partial charge in [-0.2, -0.15) is 13.2 Å². The highest BCUT2D eigenvalue weighted by atomic mass is 19.4. The Kier molecular flexibility index (Phi) is 5.67. The van der Waals surface area contributed by atoms with Crippen LogP contribution in [-0.4, -0.2) is 16.9 Å².